The maximum Gasteiger partial charge on any atom is 0.251 e. The lowest BCUT2D eigenvalue weighted by Gasteiger charge is -2.16. The van der Waals surface area contributed by atoms with Crippen molar-refractivity contribution in [3.8, 4) is 0 Å². The maximum atomic E-state index is 12.4. The summed E-state index contributed by atoms with van der Waals surface area (Å²) < 4.78 is 27.2. The summed E-state index contributed by atoms with van der Waals surface area (Å²) >= 11 is 0. The van der Waals surface area contributed by atoms with Crippen LogP contribution in [0.2, 0.25) is 0 Å². The Labute approximate surface area is 167 Å². The smallest absolute Gasteiger partial charge is 0.251 e. The summed E-state index contributed by atoms with van der Waals surface area (Å²) in [7, 11) is -1.50. The first-order chi connectivity index (χ1) is 13.4. The van der Waals surface area contributed by atoms with Crippen molar-refractivity contribution in [2.24, 2.45) is 0 Å². The standard InChI is InChI=1S/C21H27N3O3S/c1-24(16-17-7-3-2-4-8-17)14-6-13-22-21(25)18-9-5-10-20(15-18)28(26,27)23-19-11-12-19/h2-5,7-10,15,19,23H,6,11-14,16H2,1H3,(H,22,25). The van der Waals surface area contributed by atoms with Crippen molar-refractivity contribution in [3.05, 3.63) is 65.7 Å². The molecule has 2 N–H and O–H groups in total. The molecular formula is C21H27N3O3S. The second-order valence-corrected chi connectivity index (χ2v) is 8.97. The summed E-state index contributed by atoms with van der Waals surface area (Å²) in [5, 5.41) is 2.87. The third-order valence-electron chi connectivity index (χ3n) is 4.60. The Morgan fingerprint density at radius 1 is 1.11 bits per heavy atom. The molecule has 2 aromatic carbocycles. The molecule has 3 rings (SSSR count). The van der Waals surface area contributed by atoms with E-state index in [1.54, 1.807) is 12.1 Å². The number of nitrogens with zero attached hydrogens (tertiary/aromatic N) is 1. The first-order valence-electron chi connectivity index (χ1n) is 9.57. The van der Waals surface area contributed by atoms with E-state index in [0.29, 0.717) is 12.1 Å². The molecule has 1 amide bonds. The molecule has 1 aliphatic carbocycles. The summed E-state index contributed by atoms with van der Waals surface area (Å²) in [5.41, 5.74) is 1.61. The molecule has 0 spiro atoms. The highest BCUT2D eigenvalue weighted by Crippen LogP contribution is 2.22. The molecule has 0 aromatic heterocycles. The minimum absolute atomic E-state index is 0.0374. The predicted octanol–water partition coefficient (Wildman–Crippen LogP) is 2.38. The second-order valence-electron chi connectivity index (χ2n) is 7.26. The van der Waals surface area contributed by atoms with Crippen molar-refractivity contribution < 1.29 is 13.2 Å². The number of nitrogens with one attached hydrogen (secondary N) is 2. The van der Waals surface area contributed by atoms with E-state index in [1.807, 2.05) is 18.2 Å². The van der Waals surface area contributed by atoms with E-state index in [2.05, 4.69) is 34.1 Å². The van der Waals surface area contributed by atoms with E-state index < -0.39 is 10.0 Å². The van der Waals surface area contributed by atoms with Gasteiger partial charge in [-0.05, 0) is 56.6 Å². The van der Waals surface area contributed by atoms with Gasteiger partial charge in [-0.3, -0.25) is 4.79 Å². The minimum atomic E-state index is -3.56. The van der Waals surface area contributed by atoms with Crippen molar-refractivity contribution >= 4 is 15.9 Å². The molecule has 0 unspecified atom stereocenters. The molecule has 0 saturated heterocycles. The van der Waals surface area contributed by atoms with E-state index in [9.17, 15) is 13.2 Å². The fourth-order valence-corrected chi connectivity index (χ4v) is 4.27. The van der Waals surface area contributed by atoms with E-state index in [0.717, 1.165) is 32.4 Å². The molecule has 7 heteroatoms. The molecule has 1 aliphatic rings. The second kappa shape index (κ2) is 9.32. The molecule has 2 aromatic rings. The SMILES string of the molecule is CN(CCCNC(=O)c1cccc(S(=O)(=O)NC2CC2)c1)Cc1ccccc1. The van der Waals surface area contributed by atoms with E-state index >= 15 is 0 Å². The number of carbonyl (C=O) groups is 1. The summed E-state index contributed by atoms with van der Waals surface area (Å²) in [6.45, 7) is 2.26. The van der Waals surface area contributed by atoms with Crippen LogP contribution in [-0.4, -0.2) is 45.4 Å². The van der Waals surface area contributed by atoms with Crippen LogP contribution in [0.4, 0.5) is 0 Å². The van der Waals surface area contributed by atoms with E-state index in [-0.39, 0.29) is 16.8 Å². The fraction of sp³-hybridized carbons (Fsp3) is 0.381. The zero-order chi connectivity index (χ0) is 20.0. The van der Waals surface area contributed by atoms with Gasteiger partial charge in [0.1, 0.15) is 0 Å². The zero-order valence-corrected chi connectivity index (χ0v) is 16.9. The Balaban J connectivity index is 1.45. The Morgan fingerprint density at radius 3 is 2.57 bits per heavy atom. The summed E-state index contributed by atoms with van der Waals surface area (Å²) in [4.78, 5) is 14.7. The number of hydrogen-bond acceptors (Lipinski definition) is 4. The normalized spacial score (nSPS) is 14.2. The molecule has 0 bridgehead atoms. The van der Waals surface area contributed by atoms with Crippen LogP contribution in [0, 0.1) is 0 Å². The Kier molecular flexibility index (Phi) is 6.83. The summed E-state index contributed by atoms with van der Waals surface area (Å²) in [5.74, 6) is -0.255. The zero-order valence-electron chi connectivity index (χ0n) is 16.1. The van der Waals surface area contributed by atoms with Crippen LogP contribution < -0.4 is 10.0 Å². The molecule has 0 atom stereocenters. The molecule has 150 valence electrons. The van der Waals surface area contributed by atoms with Crippen molar-refractivity contribution in [1.82, 2.24) is 14.9 Å². The quantitative estimate of drug-likeness (QED) is 0.599. The lowest BCUT2D eigenvalue weighted by atomic mass is 10.2. The average molecular weight is 402 g/mol. The van der Waals surface area contributed by atoms with Gasteiger partial charge in [-0.1, -0.05) is 36.4 Å². The summed E-state index contributed by atoms with van der Waals surface area (Å²) in [6, 6.07) is 16.5. The van der Waals surface area contributed by atoms with Crippen molar-refractivity contribution in [1.29, 1.82) is 0 Å². The lowest BCUT2D eigenvalue weighted by molar-refractivity contribution is 0.0951. The highest BCUT2D eigenvalue weighted by Gasteiger charge is 2.28. The third kappa shape index (κ3) is 6.15. The highest BCUT2D eigenvalue weighted by atomic mass is 32.2. The molecule has 0 heterocycles. The van der Waals surface area contributed by atoms with E-state index in [1.165, 1.54) is 17.7 Å². The van der Waals surface area contributed by atoms with Gasteiger partial charge in [0.25, 0.3) is 5.91 Å². The average Bonchev–Trinajstić information content (AvgIpc) is 3.49. The molecule has 0 radical (unpaired) electrons. The van der Waals surface area contributed by atoms with Crippen LogP contribution in [0.1, 0.15) is 35.2 Å². The van der Waals surface area contributed by atoms with Gasteiger partial charge in [-0.2, -0.15) is 0 Å². The largest absolute Gasteiger partial charge is 0.352 e. The van der Waals surface area contributed by atoms with Crippen LogP contribution in [0.5, 0.6) is 0 Å². The summed E-state index contributed by atoms with van der Waals surface area (Å²) in [6.07, 6.45) is 2.56. The van der Waals surface area contributed by atoms with Gasteiger partial charge >= 0.3 is 0 Å². The van der Waals surface area contributed by atoms with Gasteiger partial charge in [-0.25, -0.2) is 13.1 Å². The first kappa shape index (κ1) is 20.5. The minimum Gasteiger partial charge on any atom is -0.352 e. The number of amides is 1. The van der Waals surface area contributed by atoms with Gasteiger partial charge in [-0.15, -0.1) is 0 Å². The van der Waals surface area contributed by atoms with Crippen molar-refractivity contribution in [3.63, 3.8) is 0 Å². The maximum absolute atomic E-state index is 12.4. The number of rotatable bonds is 10. The van der Waals surface area contributed by atoms with Gasteiger partial charge < -0.3 is 10.2 Å². The lowest BCUT2D eigenvalue weighted by Crippen LogP contribution is -2.29. The molecule has 6 nitrogen and oxygen atoms in total. The van der Waals surface area contributed by atoms with Gasteiger partial charge in [0, 0.05) is 24.7 Å². The van der Waals surface area contributed by atoms with E-state index in [4.69, 9.17) is 0 Å². The first-order valence-corrected chi connectivity index (χ1v) is 11.1. The highest BCUT2D eigenvalue weighted by molar-refractivity contribution is 7.89. The van der Waals surface area contributed by atoms with Crippen LogP contribution in [0.3, 0.4) is 0 Å². The van der Waals surface area contributed by atoms with Crippen LogP contribution in [0.25, 0.3) is 0 Å². The number of sulfonamides is 1. The molecule has 1 saturated carbocycles. The van der Waals surface area contributed by atoms with Gasteiger partial charge in [0.15, 0.2) is 0 Å². The number of hydrogen-bond donors (Lipinski definition) is 2. The van der Waals surface area contributed by atoms with Crippen LogP contribution in [-0.2, 0) is 16.6 Å². The van der Waals surface area contributed by atoms with Crippen molar-refractivity contribution in [2.75, 3.05) is 20.1 Å². The van der Waals surface area contributed by atoms with Gasteiger partial charge in [0.2, 0.25) is 10.0 Å². The molecule has 28 heavy (non-hydrogen) atoms. The van der Waals surface area contributed by atoms with Crippen LogP contribution in [0.15, 0.2) is 59.5 Å². The number of carbonyl (C=O) groups excluding carboxylic acids is 1. The Morgan fingerprint density at radius 2 is 1.86 bits per heavy atom. The third-order valence-corrected chi connectivity index (χ3v) is 6.12. The van der Waals surface area contributed by atoms with Crippen molar-refractivity contribution in [2.45, 2.75) is 36.7 Å². The fourth-order valence-electron chi connectivity index (χ4n) is 2.92. The van der Waals surface area contributed by atoms with Gasteiger partial charge in [0.05, 0.1) is 4.90 Å². The number of benzene rings is 2. The molecule has 0 aliphatic heterocycles. The molecule has 1 fully saturated rings. The monoisotopic (exact) mass is 401 g/mol. The topological polar surface area (TPSA) is 78.5 Å². The Bertz CT molecular complexity index is 896. The Hall–Kier alpha value is -2.22. The molecular weight excluding hydrogens is 374 g/mol. The predicted molar refractivity (Wildman–Crippen MR) is 110 cm³/mol. The van der Waals surface area contributed by atoms with Crippen LogP contribution >= 0.6 is 0 Å².